The maximum atomic E-state index is 9.44. The maximum absolute atomic E-state index is 9.44. The van der Waals surface area contributed by atoms with Crippen LogP contribution in [0.3, 0.4) is 0 Å². The lowest BCUT2D eigenvalue weighted by Crippen LogP contribution is -2.43. The predicted octanol–water partition coefficient (Wildman–Crippen LogP) is 1.45. The van der Waals surface area contributed by atoms with Crippen LogP contribution in [0.15, 0.2) is 0 Å². The van der Waals surface area contributed by atoms with Crippen molar-refractivity contribution < 1.29 is 5.11 Å². The molecule has 3 N–H and O–H groups in total. The van der Waals surface area contributed by atoms with Crippen molar-refractivity contribution in [1.82, 2.24) is 4.90 Å². The van der Waals surface area contributed by atoms with Crippen LogP contribution in [0.5, 0.6) is 0 Å². The predicted molar refractivity (Wildman–Crippen MR) is 68.3 cm³/mol. The molecule has 2 unspecified atom stereocenters. The molecule has 0 radical (unpaired) electrons. The molecule has 3 heteroatoms. The zero-order valence-corrected chi connectivity index (χ0v) is 10.9. The van der Waals surface area contributed by atoms with E-state index in [0.717, 1.165) is 26.1 Å². The van der Waals surface area contributed by atoms with Gasteiger partial charge in [0.2, 0.25) is 0 Å². The van der Waals surface area contributed by atoms with Gasteiger partial charge in [-0.1, -0.05) is 26.7 Å². The van der Waals surface area contributed by atoms with Gasteiger partial charge in [-0.05, 0) is 37.8 Å². The molecule has 0 aliphatic carbocycles. The summed E-state index contributed by atoms with van der Waals surface area (Å²) < 4.78 is 0. The van der Waals surface area contributed by atoms with Gasteiger partial charge < -0.3 is 10.8 Å². The van der Waals surface area contributed by atoms with Crippen LogP contribution in [0.2, 0.25) is 0 Å². The highest BCUT2D eigenvalue weighted by molar-refractivity contribution is 4.78. The van der Waals surface area contributed by atoms with E-state index in [1.54, 1.807) is 0 Å². The summed E-state index contributed by atoms with van der Waals surface area (Å²) in [5.41, 5.74) is 5.83. The normalized spacial score (nSPS) is 25.7. The molecule has 0 aromatic carbocycles. The quantitative estimate of drug-likeness (QED) is 0.749. The first-order valence-corrected chi connectivity index (χ1v) is 6.74. The van der Waals surface area contributed by atoms with Crippen LogP contribution in [-0.4, -0.2) is 42.3 Å². The first-order valence-electron chi connectivity index (χ1n) is 6.74. The SMILES string of the molecule is CC(C)C(CN)CN1CCCCCC1CO. The van der Waals surface area contributed by atoms with E-state index in [1.807, 2.05) is 0 Å². The number of nitrogens with zero attached hydrogens (tertiary/aromatic N) is 1. The maximum Gasteiger partial charge on any atom is 0.0586 e. The fourth-order valence-corrected chi connectivity index (χ4v) is 2.54. The Bertz CT molecular complexity index is 185. The Morgan fingerprint density at radius 3 is 2.62 bits per heavy atom. The van der Waals surface area contributed by atoms with Gasteiger partial charge >= 0.3 is 0 Å². The summed E-state index contributed by atoms with van der Waals surface area (Å²) >= 11 is 0. The first kappa shape index (κ1) is 13.9. The molecular formula is C13H28N2O. The molecule has 0 saturated carbocycles. The molecule has 0 amide bonds. The summed E-state index contributed by atoms with van der Waals surface area (Å²) in [5.74, 6) is 1.19. The molecule has 1 rings (SSSR count). The number of hydrogen-bond acceptors (Lipinski definition) is 3. The van der Waals surface area contributed by atoms with Crippen LogP contribution in [0.4, 0.5) is 0 Å². The minimum atomic E-state index is 0.301. The van der Waals surface area contributed by atoms with Crippen LogP contribution in [0.25, 0.3) is 0 Å². The Hall–Kier alpha value is -0.120. The van der Waals surface area contributed by atoms with Crippen molar-refractivity contribution in [3.63, 3.8) is 0 Å². The number of nitrogens with two attached hydrogens (primary N) is 1. The largest absolute Gasteiger partial charge is 0.395 e. The molecule has 0 aromatic heterocycles. The lowest BCUT2D eigenvalue weighted by atomic mass is 9.94. The molecule has 0 spiro atoms. The smallest absolute Gasteiger partial charge is 0.0586 e. The molecule has 1 heterocycles. The van der Waals surface area contributed by atoms with Crippen LogP contribution in [-0.2, 0) is 0 Å². The summed E-state index contributed by atoms with van der Waals surface area (Å²) in [5, 5.41) is 9.44. The Morgan fingerprint density at radius 1 is 1.31 bits per heavy atom. The van der Waals surface area contributed by atoms with E-state index in [0.29, 0.717) is 24.5 Å². The van der Waals surface area contributed by atoms with E-state index in [-0.39, 0.29) is 0 Å². The van der Waals surface area contributed by atoms with Gasteiger partial charge in [-0.15, -0.1) is 0 Å². The molecule has 1 fully saturated rings. The average Bonchev–Trinajstić information content (AvgIpc) is 2.49. The average molecular weight is 228 g/mol. The lowest BCUT2D eigenvalue weighted by molar-refractivity contribution is 0.101. The topological polar surface area (TPSA) is 49.5 Å². The minimum Gasteiger partial charge on any atom is -0.395 e. The summed E-state index contributed by atoms with van der Waals surface area (Å²) in [7, 11) is 0. The number of hydrogen-bond donors (Lipinski definition) is 2. The lowest BCUT2D eigenvalue weighted by Gasteiger charge is -2.33. The monoisotopic (exact) mass is 228 g/mol. The van der Waals surface area contributed by atoms with Crippen molar-refractivity contribution in [2.24, 2.45) is 17.6 Å². The van der Waals surface area contributed by atoms with Crippen LogP contribution >= 0.6 is 0 Å². The van der Waals surface area contributed by atoms with E-state index in [9.17, 15) is 5.11 Å². The summed E-state index contributed by atoms with van der Waals surface area (Å²) in [6.45, 7) is 7.72. The van der Waals surface area contributed by atoms with E-state index in [1.165, 1.54) is 19.3 Å². The van der Waals surface area contributed by atoms with Gasteiger partial charge in [0.05, 0.1) is 6.61 Å². The molecular weight excluding hydrogens is 200 g/mol. The van der Waals surface area contributed by atoms with E-state index < -0.39 is 0 Å². The Labute approximate surface area is 100 Å². The van der Waals surface area contributed by atoms with Crippen LogP contribution in [0, 0.1) is 11.8 Å². The minimum absolute atomic E-state index is 0.301. The fourth-order valence-electron chi connectivity index (χ4n) is 2.54. The number of likely N-dealkylation sites (tertiary alicyclic amines) is 1. The highest BCUT2D eigenvalue weighted by Gasteiger charge is 2.23. The van der Waals surface area contributed by atoms with Gasteiger partial charge in [0, 0.05) is 12.6 Å². The highest BCUT2D eigenvalue weighted by Crippen LogP contribution is 2.20. The molecule has 1 aliphatic rings. The highest BCUT2D eigenvalue weighted by atomic mass is 16.3. The summed E-state index contributed by atoms with van der Waals surface area (Å²) in [6, 6.07) is 0.371. The number of aliphatic hydroxyl groups is 1. The van der Waals surface area contributed by atoms with E-state index in [2.05, 4.69) is 18.7 Å². The summed E-state index contributed by atoms with van der Waals surface area (Å²) in [6.07, 6.45) is 4.98. The third-order valence-corrected chi connectivity index (χ3v) is 3.92. The second-order valence-corrected chi connectivity index (χ2v) is 5.42. The van der Waals surface area contributed by atoms with Crippen LogP contribution in [0.1, 0.15) is 39.5 Å². The van der Waals surface area contributed by atoms with Crippen molar-refractivity contribution in [2.45, 2.75) is 45.6 Å². The zero-order valence-electron chi connectivity index (χ0n) is 10.9. The van der Waals surface area contributed by atoms with Gasteiger partial charge in [-0.2, -0.15) is 0 Å². The molecule has 16 heavy (non-hydrogen) atoms. The van der Waals surface area contributed by atoms with E-state index >= 15 is 0 Å². The Morgan fingerprint density at radius 2 is 2.06 bits per heavy atom. The second kappa shape index (κ2) is 7.25. The van der Waals surface area contributed by atoms with Crippen molar-refractivity contribution in [1.29, 1.82) is 0 Å². The summed E-state index contributed by atoms with van der Waals surface area (Å²) in [4.78, 5) is 2.46. The molecule has 0 bridgehead atoms. The van der Waals surface area contributed by atoms with Crippen molar-refractivity contribution in [2.75, 3.05) is 26.2 Å². The zero-order chi connectivity index (χ0) is 12.0. The Balaban J connectivity index is 2.53. The van der Waals surface area contributed by atoms with Gasteiger partial charge in [-0.3, -0.25) is 4.90 Å². The van der Waals surface area contributed by atoms with Crippen molar-refractivity contribution in [3.8, 4) is 0 Å². The second-order valence-electron chi connectivity index (χ2n) is 5.42. The third kappa shape index (κ3) is 4.04. The van der Waals surface area contributed by atoms with Crippen molar-refractivity contribution >= 4 is 0 Å². The Kier molecular flexibility index (Phi) is 6.32. The molecule has 96 valence electrons. The molecule has 2 atom stereocenters. The van der Waals surface area contributed by atoms with Gasteiger partial charge in [-0.25, -0.2) is 0 Å². The molecule has 1 saturated heterocycles. The van der Waals surface area contributed by atoms with Gasteiger partial charge in [0.25, 0.3) is 0 Å². The van der Waals surface area contributed by atoms with Crippen molar-refractivity contribution in [3.05, 3.63) is 0 Å². The standard InChI is InChI=1S/C13H28N2O/c1-11(2)12(8-14)9-15-7-5-3-4-6-13(15)10-16/h11-13,16H,3-10,14H2,1-2H3. The van der Waals surface area contributed by atoms with Gasteiger partial charge in [0.15, 0.2) is 0 Å². The molecule has 3 nitrogen and oxygen atoms in total. The van der Waals surface area contributed by atoms with Gasteiger partial charge in [0.1, 0.15) is 0 Å². The number of rotatable bonds is 5. The van der Waals surface area contributed by atoms with Crippen LogP contribution < -0.4 is 5.73 Å². The first-order chi connectivity index (χ1) is 7.69. The fraction of sp³-hybridized carbons (Fsp3) is 1.00. The molecule has 1 aliphatic heterocycles. The number of aliphatic hydroxyl groups excluding tert-OH is 1. The molecule has 0 aromatic rings. The van der Waals surface area contributed by atoms with E-state index in [4.69, 9.17) is 5.73 Å². The third-order valence-electron chi connectivity index (χ3n) is 3.92.